The summed E-state index contributed by atoms with van der Waals surface area (Å²) >= 11 is 0. The highest BCUT2D eigenvalue weighted by molar-refractivity contribution is 5.84. The summed E-state index contributed by atoms with van der Waals surface area (Å²) < 4.78 is 12.9. The first-order chi connectivity index (χ1) is 10.5. The van der Waals surface area contributed by atoms with Crippen molar-refractivity contribution < 1.29 is 19.1 Å². The van der Waals surface area contributed by atoms with Crippen LogP contribution in [-0.2, 0) is 16.0 Å². The van der Waals surface area contributed by atoms with Crippen molar-refractivity contribution in [1.82, 2.24) is 10.2 Å². The third-order valence-corrected chi connectivity index (χ3v) is 3.80. The molecule has 1 aliphatic heterocycles. The van der Waals surface area contributed by atoms with Crippen LogP contribution in [0.5, 0.6) is 0 Å². The zero-order chi connectivity index (χ0) is 15.9. The average Bonchev–Trinajstić information content (AvgIpc) is 2.49. The molecule has 1 aromatic rings. The second-order valence-electron chi connectivity index (χ2n) is 5.63. The summed E-state index contributed by atoms with van der Waals surface area (Å²) in [5.74, 6) is -1.74. The van der Waals surface area contributed by atoms with Crippen molar-refractivity contribution >= 4 is 11.9 Å². The monoisotopic (exact) mass is 308 g/mol. The Bertz CT molecular complexity index is 513. The summed E-state index contributed by atoms with van der Waals surface area (Å²) in [6.07, 6.45) is 3.47. The normalized spacial score (nSPS) is 17.0. The van der Waals surface area contributed by atoms with Gasteiger partial charge in [-0.05, 0) is 43.6 Å². The van der Waals surface area contributed by atoms with Gasteiger partial charge in [-0.3, -0.25) is 9.69 Å². The number of carboxylic acid groups (broad SMARTS) is 1. The Morgan fingerprint density at radius 1 is 1.18 bits per heavy atom. The van der Waals surface area contributed by atoms with Gasteiger partial charge in [-0.15, -0.1) is 0 Å². The number of halogens is 1. The van der Waals surface area contributed by atoms with Crippen LogP contribution in [-0.4, -0.2) is 47.6 Å². The van der Waals surface area contributed by atoms with Crippen molar-refractivity contribution in [3.63, 3.8) is 0 Å². The Balaban J connectivity index is 1.88. The largest absolute Gasteiger partial charge is 0.480 e. The number of nitrogens with zero attached hydrogens (tertiary/aromatic N) is 1. The molecule has 1 aromatic carbocycles. The van der Waals surface area contributed by atoms with Crippen LogP contribution in [0.25, 0.3) is 0 Å². The van der Waals surface area contributed by atoms with E-state index in [1.165, 1.54) is 30.7 Å². The van der Waals surface area contributed by atoms with Gasteiger partial charge in [0.1, 0.15) is 11.9 Å². The summed E-state index contributed by atoms with van der Waals surface area (Å²) in [5, 5.41) is 11.8. The molecule has 2 rings (SSSR count). The van der Waals surface area contributed by atoms with Gasteiger partial charge in [-0.1, -0.05) is 18.6 Å². The number of nitrogens with one attached hydrogen (secondary N) is 1. The van der Waals surface area contributed by atoms with Crippen LogP contribution in [0.2, 0.25) is 0 Å². The first-order valence-electron chi connectivity index (χ1n) is 7.53. The molecule has 1 saturated heterocycles. The molecule has 0 bridgehead atoms. The number of piperidine rings is 1. The lowest BCUT2D eigenvalue weighted by molar-refractivity contribution is -0.142. The predicted octanol–water partition coefficient (Wildman–Crippen LogP) is 1.42. The van der Waals surface area contributed by atoms with E-state index in [0.717, 1.165) is 25.9 Å². The minimum Gasteiger partial charge on any atom is -0.480 e. The molecule has 0 radical (unpaired) electrons. The Morgan fingerprint density at radius 3 is 2.41 bits per heavy atom. The maximum atomic E-state index is 12.9. The number of amides is 1. The van der Waals surface area contributed by atoms with Gasteiger partial charge in [-0.2, -0.15) is 0 Å². The van der Waals surface area contributed by atoms with E-state index in [-0.39, 0.29) is 24.7 Å². The van der Waals surface area contributed by atoms with Crippen LogP contribution >= 0.6 is 0 Å². The van der Waals surface area contributed by atoms with Gasteiger partial charge in [0.2, 0.25) is 5.91 Å². The standard InChI is InChI=1S/C16H21FN2O3/c17-13-6-4-12(5-7-13)10-14(16(21)22)18-15(20)11-19-8-2-1-3-9-19/h4-7,14H,1-3,8-11H2,(H,18,20)(H,21,22). The molecule has 5 nitrogen and oxygen atoms in total. The van der Waals surface area contributed by atoms with Crippen LogP contribution in [0.3, 0.4) is 0 Å². The number of benzene rings is 1. The summed E-state index contributed by atoms with van der Waals surface area (Å²) in [4.78, 5) is 25.3. The Labute approximate surface area is 129 Å². The first kappa shape index (κ1) is 16.4. The summed E-state index contributed by atoms with van der Waals surface area (Å²) in [5.41, 5.74) is 0.673. The van der Waals surface area contributed by atoms with E-state index in [4.69, 9.17) is 0 Å². The molecule has 1 heterocycles. The molecular formula is C16H21FN2O3. The van der Waals surface area contributed by atoms with Crippen molar-refractivity contribution in [1.29, 1.82) is 0 Å². The van der Waals surface area contributed by atoms with Crippen LogP contribution in [0.15, 0.2) is 24.3 Å². The molecule has 1 amide bonds. The summed E-state index contributed by atoms with van der Waals surface area (Å²) in [6, 6.07) is 4.63. The van der Waals surface area contributed by atoms with E-state index in [0.29, 0.717) is 5.56 Å². The SMILES string of the molecule is O=C(CN1CCCCC1)NC(Cc1ccc(F)cc1)C(=O)O. The number of hydrogen-bond donors (Lipinski definition) is 2. The molecular weight excluding hydrogens is 287 g/mol. The number of aliphatic carboxylic acids is 1. The molecule has 0 aromatic heterocycles. The molecule has 6 heteroatoms. The third kappa shape index (κ3) is 5.11. The third-order valence-electron chi connectivity index (χ3n) is 3.80. The smallest absolute Gasteiger partial charge is 0.326 e. The number of carbonyl (C=O) groups excluding carboxylic acids is 1. The fraction of sp³-hybridized carbons (Fsp3) is 0.500. The molecule has 0 saturated carbocycles. The zero-order valence-electron chi connectivity index (χ0n) is 12.4. The Morgan fingerprint density at radius 2 is 1.82 bits per heavy atom. The van der Waals surface area contributed by atoms with Gasteiger partial charge in [0.25, 0.3) is 0 Å². The molecule has 1 aliphatic rings. The van der Waals surface area contributed by atoms with Crippen molar-refractivity contribution in [2.45, 2.75) is 31.7 Å². The van der Waals surface area contributed by atoms with E-state index >= 15 is 0 Å². The lowest BCUT2D eigenvalue weighted by atomic mass is 10.1. The highest BCUT2D eigenvalue weighted by Gasteiger charge is 2.22. The van der Waals surface area contributed by atoms with Gasteiger partial charge in [0.05, 0.1) is 6.54 Å². The molecule has 120 valence electrons. The fourth-order valence-electron chi connectivity index (χ4n) is 2.62. The fourth-order valence-corrected chi connectivity index (χ4v) is 2.62. The lowest BCUT2D eigenvalue weighted by Gasteiger charge is -2.26. The zero-order valence-corrected chi connectivity index (χ0v) is 12.4. The van der Waals surface area contributed by atoms with E-state index < -0.39 is 12.0 Å². The van der Waals surface area contributed by atoms with Crippen LogP contribution < -0.4 is 5.32 Å². The van der Waals surface area contributed by atoms with Gasteiger partial charge < -0.3 is 10.4 Å². The number of hydrogen-bond acceptors (Lipinski definition) is 3. The summed E-state index contributed by atoms with van der Waals surface area (Å²) in [6.45, 7) is 1.99. The minimum atomic E-state index is -1.09. The predicted molar refractivity (Wildman–Crippen MR) is 80.0 cm³/mol. The molecule has 22 heavy (non-hydrogen) atoms. The molecule has 1 unspecified atom stereocenters. The van der Waals surface area contributed by atoms with E-state index in [9.17, 15) is 19.1 Å². The maximum Gasteiger partial charge on any atom is 0.326 e. The van der Waals surface area contributed by atoms with Gasteiger partial charge >= 0.3 is 5.97 Å². The van der Waals surface area contributed by atoms with Crippen molar-refractivity contribution in [3.05, 3.63) is 35.6 Å². The van der Waals surface area contributed by atoms with Crippen LogP contribution in [0.1, 0.15) is 24.8 Å². The number of likely N-dealkylation sites (tertiary alicyclic amines) is 1. The minimum absolute atomic E-state index is 0.140. The number of carbonyl (C=O) groups is 2. The lowest BCUT2D eigenvalue weighted by Crippen LogP contribution is -2.47. The number of rotatable bonds is 6. The number of carboxylic acids is 1. The average molecular weight is 308 g/mol. The van der Waals surface area contributed by atoms with Crippen LogP contribution in [0, 0.1) is 5.82 Å². The van der Waals surface area contributed by atoms with Crippen molar-refractivity contribution in [2.24, 2.45) is 0 Å². The van der Waals surface area contributed by atoms with Crippen LogP contribution in [0.4, 0.5) is 4.39 Å². The maximum absolute atomic E-state index is 12.9. The second-order valence-corrected chi connectivity index (χ2v) is 5.63. The Hall–Kier alpha value is -1.95. The second kappa shape index (κ2) is 7.89. The summed E-state index contributed by atoms with van der Waals surface area (Å²) in [7, 11) is 0. The molecule has 1 fully saturated rings. The van der Waals surface area contributed by atoms with E-state index in [2.05, 4.69) is 5.32 Å². The Kier molecular flexibility index (Phi) is 5.89. The van der Waals surface area contributed by atoms with Gasteiger partial charge in [0, 0.05) is 6.42 Å². The van der Waals surface area contributed by atoms with Gasteiger partial charge in [-0.25, -0.2) is 9.18 Å². The highest BCUT2D eigenvalue weighted by atomic mass is 19.1. The highest BCUT2D eigenvalue weighted by Crippen LogP contribution is 2.09. The molecule has 2 N–H and O–H groups in total. The van der Waals surface area contributed by atoms with Gasteiger partial charge in [0.15, 0.2) is 0 Å². The van der Waals surface area contributed by atoms with E-state index in [1.807, 2.05) is 4.90 Å². The molecule has 0 spiro atoms. The van der Waals surface area contributed by atoms with Crippen molar-refractivity contribution in [3.8, 4) is 0 Å². The van der Waals surface area contributed by atoms with Crippen molar-refractivity contribution in [2.75, 3.05) is 19.6 Å². The molecule has 1 atom stereocenters. The topological polar surface area (TPSA) is 69.6 Å². The van der Waals surface area contributed by atoms with E-state index in [1.54, 1.807) is 0 Å². The first-order valence-corrected chi connectivity index (χ1v) is 7.53. The quantitative estimate of drug-likeness (QED) is 0.834. The molecule has 0 aliphatic carbocycles.